The second-order valence-corrected chi connectivity index (χ2v) is 6.94. The van der Waals surface area contributed by atoms with Crippen molar-refractivity contribution < 1.29 is 31.5 Å². The molecular formula is C17H29NO7S. The first-order chi connectivity index (χ1) is 12.6. The Hall–Kier alpha value is -1.07. The van der Waals surface area contributed by atoms with Gasteiger partial charge in [0.15, 0.2) is 0 Å². The Bertz CT molecular complexity index is 563. The summed E-state index contributed by atoms with van der Waals surface area (Å²) in [5.41, 5.74) is 6.27. The second kappa shape index (κ2) is 14.0. The molecule has 9 heteroatoms. The minimum absolute atomic E-state index is 0.0396. The van der Waals surface area contributed by atoms with Gasteiger partial charge in [0, 0.05) is 6.54 Å². The van der Waals surface area contributed by atoms with Crippen molar-refractivity contribution in [2.75, 3.05) is 66.0 Å². The van der Waals surface area contributed by atoms with Gasteiger partial charge in [0.2, 0.25) is 0 Å². The molecular weight excluding hydrogens is 362 g/mol. The zero-order chi connectivity index (χ0) is 19.1. The third-order valence-electron chi connectivity index (χ3n) is 3.15. The SMILES string of the molecule is Cc1ccc(S(=O)(=O)OCCOCCOCCOCCOCCN)cc1. The molecule has 0 spiro atoms. The molecule has 0 aliphatic rings. The van der Waals surface area contributed by atoms with Crippen molar-refractivity contribution in [2.45, 2.75) is 11.8 Å². The number of rotatable bonds is 16. The van der Waals surface area contributed by atoms with Crippen LogP contribution in [0.4, 0.5) is 0 Å². The van der Waals surface area contributed by atoms with Gasteiger partial charge in [-0.2, -0.15) is 8.42 Å². The standard InChI is InChI=1S/C17H29NO7S/c1-16-2-4-17(5-3-16)26(19,20)25-15-14-24-13-12-23-11-10-22-9-8-21-7-6-18/h2-5H,6-15,18H2,1H3. The van der Waals surface area contributed by atoms with Crippen molar-refractivity contribution in [3.05, 3.63) is 29.8 Å². The molecule has 0 radical (unpaired) electrons. The first kappa shape index (κ1) is 23.0. The Balaban J connectivity index is 1.94. The predicted molar refractivity (Wildman–Crippen MR) is 96.6 cm³/mol. The van der Waals surface area contributed by atoms with E-state index in [4.69, 9.17) is 28.9 Å². The number of hydrogen-bond acceptors (Lipinski definition) is 8. The summed E-state index contributed by atoms with van der Waals surface area (Å²) in [4.78, 5) is 0.139. The maximum Gasteiger partial charge on any atom is 0.297 e. The topological polar surface area (TPSA) is 106 Å². The van der Waals surface area contributed by atoms with Crippen molar-refractivity contribution in [2.24, 2.45) is 5.73 Å². The molecule has 0 heterocycles. The van der Waals surface area contributed by atoms with Gasteiger partial charge in [0.1, 0.15) is 0 Å². The summed E-state index contributed by atoms with van der Waals surface area (Å²) in [6.45, 7) is 5.77. The highest BCUT2D eigenvalue weighted by atomic mass is 32.2. The lowest BCUT2D eigenvalue weighted by Gasteiger charge is -2.08. The summed E-state index contributed by atoms with van der Waals surface area (Å²) in [7, 11) is -3.74. The van der Waals surface area contributed by atoms with Crippen LogP contribution in [-0.2, 0) is 33.2 Å². The lowest BCUT2D eigenvalue weighted by molar-refractivity contribution is -0.00367. The van der Waals surface area contributed by atoms with E-state index in [0.29, 0.717) is 52.8 Å². The van der Waals surface area contributed by atoms with Crippen LogP contribution < -0.4 is 5.73 Å². The van der Waals surface area contributed by atoms with Gasteiger partial charge < -0.3 is 24.7 Å². The van der Waals surface area contributed by atoms with Crippen LogP contribution in [0.1, 0.15) is 5.56 Å². The van der Waals surface area contributed by atoms with Crippen LogP contribution in [0.3, 0.4) is 0 Å². The molecule has 0 bridgehead atoms. The summed E-state index contributed by atoms with van der Waals surface area (Å²) >= 11 is 0. The average molecular weight is 391 g/mol. The van der Waals surface area contributed by atoms with Crippen molar-refractivity contribution in [3.8, 4) is 0 Å². The van der Waals surface area contributed by atoms with E-state index in [9.17, 15) is 8.42 Å². The first-order valence-electron chi connectivity index (χ1n) is 8.53. The van der Waals surface area contributed by atoms with Gasteiger partial charge in [-0.15, -0.1) is 0 Å². The third-order valence-corrected chi connectivity index (χ3v) is 4.48. The van der Waals surface area contributed by atoms with Gasteiger partial charge in [-0.1, -0.05) is 17.7 Å². The molecule has 2 N–H and O–H groups in total. The van der Waals surface area contributed by atoms with Gasteiger partial charge in [0.25, 0.3) is 10.1 Å². The van der Waals surface area contributed by atoms with Gasteiger partial charge >= 0.3 is 0 Å². The van der Waals surface area contributed by atoms with Crippen molar-refractivity contribution in [1.82, 2.24) is 0 Å². The van der Waals surface area contributed by atoms with E-state index in [0.717, 1.165) is 5.56 Å². The lowest BCUT2D eigenvalue weighted by Crippen LogP contribution is -2.15. The highest BCUT2D eigenvalue weighted by Gasteiger charge is 2.14. The molecule has 0 amide bonds. The Labute approximate surface area is 155 Å². The number of aryl methyl sites for hydroxylation is 1. The highest BCUT2D eigenvalue weighted by Crippen LogP contribution is 2.12. The van der Waals surface area contributed by atoms with Crippen LogP contribution in [0.2, 0.25) is 0 Å². The van der Waals surface area contributed by atoms with E-state index in [2.05, 4.69) is 0 Å². The minimum atomic E-state index is -3.74. The molecule has 0 aromatic heterocycles. The van der Waals surface area contributed by atoms with Gasteiger partial charge in [-0.05, 0) is 19.1 Å². The maximum atomic E-state index is 11.9. The quantitative estimate of drug-likeness (QED) is 0.325. The van der Waals surface area contributed by atoms with Crippen molar-refractivity contribution in [1.29, 1.82) is 0 Å². The van der Waals surface area contributed by atoms with E-state index in [1.165, 1.54) is 12.1 Å². The fourth-order valence-corrected chi connectivity index (χ4v) is 2.71. The Kier molecular flexibility index (Phi) is 12.4. The zero-order valence-corrected chi connectivity index (χ0v) is 16.0. The van der Waals surface area contributed by atoms with Crippen LogP contribution in [0, 0.1) is 6.92 Å². The number of hydrogen-bond donors (Lipinski definition) is 1. The number of ether oxygens (including phenoxy) is 4. The molecule has 1 aromatic rings. The number of benzene rings is 1. The van der Waals surface area contributed by atoms with Crippen LogP contribution in [0.25, 0.3) is 0 Å². The fraction of sp³-hybridized carbons (Fsp3) is 0.647. The molecule has 0 fully saturated rings. The normalized spacial score (nSPS) is 11.8. The molecule has 0 aliphatic carbocycles. The zero-order valence-electron chi connectivity index (χ0n) is 15.2. The molecule has 1 rings (SSSR count). The third kappa shape index (κ3) is 10.8. The molecule has 0 saturated carbocycles. The molecule has 1 aromatic carbocycles. The molecule has 0 aliphatic heterocycles. The van der Waals surface area contributed by atoms with Crippen molar-refractivity contribution in [3.63, 3.8) is 0 Å². The summed E-state index contributed by atoms with van der Waals surface area (Å²) in [6.07, 6.45) is 0. The van der Waals surface area contributed by atoms with Crippen LogP contribution in [0.5, 0.6) is 0 Å². The molecule has 26 heavy (non-hydrogen) atoms. The van der Waals surface area contributed by atoms with Gasteiger partial charge in [-0.3, -0.25) is 4.18 Å². The van der Waals surface area contributed by atoms with E-state index in [1.807, 2.05) is 6.92 Å². The molecule has 0 atom stereocenters. The molecule has 150 valence electrons. The van der Waals surface area contributed by atoms with E-state index >= 15 is 0 Å². The Morgan fingerprint density at radius 3 is 1.62 bits per heavy atom. The monoisotopic (exact) mass is 391 g/mol. The molecule has 8 nitrogen and oxygen atoms in total. The lowest BCUT2D eigenvalue weighted by atomic mass is 10.2. The average Bonchev–Trinajstić information content (AvgIpc) is 2.62. The Morgan fingerprint density at radius 2 is 1.15 bits per heavy atom. The summed E-state index contributed by atoms with van der Waals surface area (Å²) in [5, 5.41) is 0. The van der Waals surface area contributed by atoms with Crippen LogP contribution in [0.15, 0.2) is 29.2 Å². The minimum Gasteiger partial charge on any atom is -0.378 e. The first-order valence-corrected chi connectivity index (χ1v) is 9.94. The van der Waals surface area contributed by atoms with E-state index in [-0.39, 0.29) is 18.1 Å². The summed E-state index contributed by atoms with van der Waals surface area (Å²) in [6, 6.07) is 6.49. The summed E-state index contributed by atoms with van der Waals surface area (Å²) in [5.74, 6) is 0. The van der Waals surface area contributed by atoms with Gasteiger partial charge in [0.05, 0.1) is 64.4 Å². The van der Waals surface area contributed by atoms with E-state index in [1.54, 1.807) is 12.1 Å². The van der Waals surface area contributed by atoms with E-state index < -0.39 is 10.1 Å². The predicted octanol–water partition coefficient (Wildman–Crippen LogP) is 0.725. The largest absolute Gasteiger partial charge is 0.378 e. The Morgan fingerprint density at radius 1 is 0.731 bits per heavy atom. The molecule has 0 unspecified atom stereocenters. The maximum absolute atomic E-state index is 11.9. The molecule has 0 saturated heterocycles. The van der Waals surface area contributed by atoms with Crippen LogP contribution in [-0.4, -0.2) is 74.4 Å². The fourth-order valence-electron chi connectivity index (χ4n) is 1.82. The number of nitrogens with two attached hydrogens (primary N) is 1. The highest BCUT2D eigenvalue weighted by molar-refractivity contribution is 7.86. The summed E-state index contributed by atoms with van der Waals surface area (Å²) < 4.78 is 49.8. The van der Waals surface area contributed by atoms with Crippen LogP contribution >= 0.6 is 0 Å². The second-order valence-electron chi connectivity index (χ2n) is 5.33. The smallest absolute Gasteiger partial charge is 0.297 e. The van der Waals surface area contributed by atoms with Gasteiger partial charge in [-0.25, -0.2) is 0 Å². The van der Waals surface area contributed by atoms with Crippen molar-refractivity contribution >= 4 is 10.1 Å².